The van der Waals surface area contributed by atoms with Gasteiger partial charge in [-0.1, -0.05) is 6.07 Å². The Labute approximate surface area is 116 Å². The molecule has 0 aromatic heterocycles. The molecule has 2 aromatic rings. The minimum absolute atomic E-state index is 0.0314. The van der Waals surface area contributed by atoms with Gasteiger partial charge in [-0.3, -0.25) is 4.21 Å². The van der Waals surface area contributed by atoms with E-state index in [2.05, 4.69) is 0 Å². The Bertz CT molecular complexity index is 669. The Morgan fingerprint density at radius 1 is 1.05 bits per heavy atom. The van der Waals surface area contributed by atoms with Crippen LogP contribution in [0, 0.1) is 11.6 Å². The number of carboxylic acid groups (broad SMARTS) is 1. The summed E-state index contributed by atoms with van der Waals surface area (Å²) in [5, 5.41) is 8.75. The van der Waals surface area contributed by atoms with E-state index in [0.717, 1.165) is 12.1 Å². The van der Waals surface area contributed by atoms with Gasteiger partial charge in [0.1, 0.15) is 0 Å². The van der Waals surface area contributed by atoms with E-state index in [-0.39, 0.29) is 11.3 Å². The normalized spacial score (nSPS) is 12.1. The molecule has 0 saturated carbocycles. The monoisotopic (exact) mass is 296 g/mol. The van der Waals surface area contributed by atoms with E-state index < -0.39 is 28.4 Å². The van der Waals surface area contributed by atoms with Gasteiger partial charge in [0.25, 0.3) is 0 Å². The fourth-order valence-corrected chi connectivity index (χ4v) is 2.70. The number of hydrogen-bond acceptors (Lipinski definition) is 2. The zero-order valence-corrected chi connectivity index (χ0v) is 11.0. The second-order valence-corrected chi connectivity index (χ2v) is 5.52. The highest BCUT2D eigenvalue weighted by molar-refractivity contribution is 7.84. The summed E-state index contributed by atoms with van der Waals surface area (Å²) < 4.78 is 37.8. The van der Waals surface area contributed by atoms with Gasteiger partial charge in [0.15, 0.2) is 11.6 Å². The third-order valence-corrected chi connectivity index (χ3v) is 4.04. The Morgan fingerprint density at radius 3 is 2.25 bits per heavy atom. The lowest BCUT2D eigenvalue weighted by Crippen LogP contribution is -2.00. The van der Waals surface area contributed by atoms with Crippen LogP contribution in [0.3, 0.4) is 0 Å². The van der Waals surface area contributed by atoms with Crippen LogP contribution >= 0.6 is 0 Å². The van der Waals surface area contributed by atoms with Gasteiger partial charge >= 0.3 is 5.97 Å². The van der Waals surface area contributed by atoms with Crippen LogP contribution < -0.4 is 0 Å². The molecule has 0 amide bonds. The second-order valence-electron chi connectivity index (χ2n) is 4.07. The summed E-state index contributed by atoms with van der Waals surface area (Å²) >= 11 is 0. The van der Waals surface area contributed by atoms with Crippen LogP contribution in [-0.4, -0.2) is 15.3 Å². The van der Waals surface area contributed by atoms with Gasteiger partial charge in [0, 0.05) is 4.90 Å². The molecule has 1 atom stereocenters. The molecular formula is C14H10F2O3S. The van der Waals surface area contributed by atoms with Crippen molar-refractivity contribution in [1.82, 2.24) is 0 Å². The zero-order chi connectivity index (χ0) is 14.7. The van der Waals surface area contributed by atoms with Crippen LogP contribution in [-0.2, 0) is 16.6 Å². The van der Waals surface area contributed by atoms with Crippen molar-refractivity contribution in [3.63, 3.8) is 0 Å². The van der Waals surface area contributed by atoms with Crippen LogP contribution in [0.1, 0.15) is 15.9 Å². The highest BCUT2D eigenvalue weighted by Crippen LogP contribution is 2.15. The summed E-state index contributed by atoms with van der Waals surface area (Å²) in [5.41, 5.74) is 0.503. The number of benzene rings is 2. The molecule has 1 unspecified atom stereocenters. The predicted molar refractivity (Wildman–Crippen MR) is 69.9 cm³/mol. The maximum atomic E-state index is 13.0. The highest BCUT2D eigenvalue weighted by atomic mass is 32.2. The number of aromatic carboxylic acids is 1. The van der Waals surface area contributed by atoms with Gasteiger partial charge in [0.2, 0.25) is 0 Å². The number of rotatable bonds is 4. The van der Waals surface area contributed by atoms with Gasteiger partial charge in [0.05, 0.1) is 22.1 Å². The molecule has 0 spiro atoms. The van der Waals surface area contributed by atoms with Crippen LogP contribution in [0.15, 0.2) is 47.4 Å². The molecule has 6 heteroatoms. The van der Waals surface area contributed by atoms with Gasteiger partial charge in [-0.25, -0.2) is 13.6 Å². The molecule has 2 aromatic carbocycles. The summed E-state index contributed by atoms with van der Waals surface area (Å²) in [6, 6.07) is 8.93. The SMILES string of the molecule is O=C(O)c1ccc(S(=O)Cc2ccc(F)c(F)c2)cc1. The van der Waals surface area contributed by atoms with Crippen molar-refractivity contribution in [1.29, 1.82) is 0 Å². The number of carboxylic acids is 1. The molecular weight excluding hydrogens is 286 g/mol. The van der Waals surface area contributed by atoms with Crippen LogP contribution in [0.25, 0.3) is 0 Å². The molecule has 0 aliphatic carbocycles. The smallest absolute Gasteiger partial charge is 0.335 e. The lowest BCUT2D eigenvalue weighted by Gasteiger charge is -2.04. The van der Waals surface area contributed by atoms with E-state index in [9.17, 15) is 17.8 Å². The van der Waals surface area contributed by atoms with Crippen molar-refractivity contribution in [2.45, 2.75) is 10.6 Å². The minimum Gasteiger partial charge on any atom is -0.478 e. The average Bonchev–Trinajstić information content (AvgIpc) is 2.43. The first-order valence-electron chi connectivity index (χ1n) is 5.63. The van der Waals surface area contributed by atoms with E-state index in [0.29, 0.717) is 10.5 Å². The summed E-state index contributed by atoms with van der Waals surface area (Å²) in [6.45, 7) is 0. The maximum absolute atomic E-state index is 13.0. The third-order valence-electron chi connectivity index (χ3n) is 2.65. The third kappa shape index (κ3) is 3.27. The number of halogens is 2. The van der Waals surface area contributed by atoms with Crippen LogP contribution in [0.4, 0.5) is 8.78 Å². The highest BCUT2D eigenvalue weighted by Gasteiger charge is 2.09. The van der Waals surface area contributed by atoms with E-state index >= 15 is 0 Å². The number of carbonyl (C=O) groups is 1. The molecule has 1 N–H and O–H groups in total. The summed E-state index contributed by atoms with van der Waals surface area (Å²) in [6.07, 6.45) is 0. The molecule has 20 heavy (non-hydrogen) atoms. The van der Waals surface area contributed by atoms with E-state index in [1.165, 1.54) is 30.3 Å². The van der Waals surface area contributed by atoms with Crippen molar-refractivity contribution in [2.24, 2.45) is 0 Å². The summed E-state index contributed by atoms with van der Waals surface area (Å²) in [7, 11) is -1.45. The Morgan fingerprint density at radius 2 is 1.70 bits per heavy atom. The molecule has 2 rings (SSSR count). The van der Waals surface area contributed by atoms with Gasteiger partial charge in [-0.15, -0.1) is 0 Å². The van der Waals surface area contributed by atoms with E-state index in [1.54, 1.807) is 0 Å². The van der Waals surface area contributed by atoms with Gasteiger partial charge < -0.3 is 5.11 Å². The standard InChI is InChI=1S/C14H10F2O3S/c15-12-6-1-9(7-13(12)16)8-20(19)11-4-2-10(3-5-11)14(17)18/h1-7H,8H2,(H,17,18). The molecule has 0 heterocycles. The van der Waals surface area contributed by atoms with Crippen molar-refractivity contribution in [2.75, 3.05) is 0 Å². The first-order valence-corrected chi connectivity index (χ1v) is 6.95. The molecule has 104 valence electrons. The number of hydrogen-bond donors (Lipinski definition) is 1. The molecule has 0 aliphatic heterocycles. The Hall–Kier alpha value is -2.08. The predicted octanol–water partition coefficient (Wildman–Crippen LogP) is 2.97. The fraction of sp³-hybridized carbons (Fsp3) is 0.0714. The average molecular weight is 296 g/mol. The second kappa shape index (κ2) is 5.92. The van der Waals surface area contributed by atoms with Crippen LogP contribution in [0.5, 0.6) is 0 Å². The van der Waals surface area contributed by atoms with Crippen molar-refractivity contribution < 1.29 is 22.9 Å². The lowest BCUT2D eigenvalue weighted by atomic mass is 10.2. The molecule has 3 nitrogen and oxygen atoms in total. The van der Waals surface area contributed by atoms with Crippen molar-refractivity contribution >= 4 is 16.8 Å². The molecule has 0 aliphatic rings. The van der Waals surface area contributed by atoms with Crippen LogP contribution in [0.2, 0.25) is 0 Å². The molecule has 0 bridgehead atoms. The first kappa shape index (κ1) is 14.3. The molecule has 0 saturated heterocycles. The fourth-order valence-electron chi connectivity index (χ4n) is 1.61. The topological polar surface area (TPSA) is 54.4 Å². The van der Waals surface area contributed by atoms with Gasteiger partial charge in [-0.05, 0) is 42.0 Å². The van der Waals surface area contributed by atoms with Gasteiger partial charge in [-0.2, -0.15) is 0 Å². The Kier molecular flexibility index (Phi) is 4.24. The lowest BCUT2D eigenvalue weighted by molar-refractivity contribution is 0.0697. The van der Waals surface area contributed by atoms with Crippen molar-refractivity contribution in [3.05, 3.63) is 65.2 Å². The van der Waals surface area contributed by atoms with E-state index in [4.69, 9.17) is 5.11 Å². The zero-order valence-electron chi connectivity index (χ0n) is 10.2. The minimum atomic E-state index is -1.45. The quantitative estimate of drug-likeness (QED) is 0.943. The summed E-state index contributed by atoms with van der Waals surface area (Å²) in [5.74, 6) is -2.97. The Balaban J connectivity index is 2.15. The largest absolute Gasteiger partial charge is 0.478 e. The molecule has 0 radical (unpaired) electrons. The molecule has 0 fully saturated rings. The van der Waals surface area contributed by atoms with Crippen molar-refractivity contribution in [3.8, 4) is 0 Å². The maximum Gasteiger partial charge on any atom is 0.335 e. The first-order chi connectivity index (χ1) is 9.47. The van der Waals surface area contributed by atoms with E-state index in [1.807, 2.05) is 0 Å². The summed E-state index contributed by atoms with van der Waals surface area (Å²) in [4.78, 5) is 11.1.